The molecule has 124 valence electrons. The molecule has 2 rings (SSSR count). The van der Waals surface area contributed by atoms with Crippen LogP contribution in [0.2, 0.25) is 0 Å². The quantitative estimate of drug-likeness (QED) is 0.685. The fraction of sp³-hybridized carbons (Fsp3) is 0.471. The largest absolute Gasteiger partial charge is 0.498 e. The minimum absolute atomic E-state index is 0.226. The van der Waals surface area contributed by atoms with Crippen LogP contribution in [0, 0.1) is 0 Å². The van der Waals surface area contributed by atoms with Crippen LogP contribution in [0.4, 0.5) is 5.69 Å². The SMILES string of the molecule is C=C(C)C(=O)Nc1ccc(B2OC(C)(C)C(C)(C)O2)c(OC)c1. The Bertz CT molecular complexity index is 623. The van der Waals surface area contributed by atoms with Crippen LogP contribution in [0.1, 0.15) is 34.6 Å². The summed E-state index contributed by atoms with van der Waals surface area (Å²) in [6, 6.07) is 5.39. The second kappa shape index (κ2) is 6.02. The molecule has 0 unspecified atom stereocenters. The Morgan fingerprint density at radius 1 is 1.22 bits per heavy atom. The van der Waals surface area contributed by atoms with Gasteiger partial charge in [-0.15, -0.1) is 0 Å². The number of nitrogens with one attached hydrogen (secondary N) is 1. The highest BCUT2D eigenvalue weighted by molar-refractivity contribution is 6.63. The van der Waals surface area contributed by atoms with E-state index in [0.717, 1.165) is 5.46 Å². The lowest BCUT2D eigenvalue weighted by Gasteiger charge is -2.32. The molecule has 0 atom stereocenters. The van der Waals surface area contributed by atoms with Gasteiger partial charge in [0.25, 0.3) is 5.91 Å². The van der Waals surface area contributed by atoms with Gasteiger partial charge in [0.05, 0.1) is 18.3 Å². The molecule has 5 nitrogen and oxygen atoms in total. The first kappa shape index (κ1) is 17.6. The third kappa shape index (κ3) is 3.43. The number of amides is 1. The van der Waals surface area contributed by atoms with Crippen molar-refractivity contribution in [3.8, 4) is 5.75 Å². The van der Waals surface area contributed by atoms with Crippen molar-refractivity contribution >= 4 is 24.2 Å². The third-order valence-electron chi connectivity index (χ3n) is 4.39. The van der Waals surface area contributed by atoms with E-state index in [0.29, 0.717) is 17.0 Å². The predicted molar refractivity (Wildman–Crippen MR) is 92.2 cm³/mol. The van der Waals surface area contributed by atoms with E-state index in [2.05, 4.69) is 11.9 Å². The molecule has 0 bridgehead atoms. The zero-order chi connectivity index (χ0) is 17.4. The van der Waals surface area contributed by atoms with E-state index in [-0.39, 0.29) is 5.91 Å². The minimum atomic E-state index is -0.513. The van der Waals surface area contributed by atoms with E-state index in [1.54, 1.807) is 26.2 Å². The summed E-state index contributed by atoms with van der Waals surface area (Å²) in [5, 5.41) is 2.77. The molecule has 0 saturated carbocycles. The molecule has 0 aliphatic carbocycles. The maximum absolute atomic E-state index is 11.7. The molecular formula is C17H24BNO4. The van der Waals surface area contributed by atoms with Crippen molar-refractivity contribution in [1.82, 2.24) is 0 Å². The Labute approximate surface area is 138 Å². The van der Waals surface area contributed by atoms with Gasteiger partial charge in [-0.25, -0.2) is 0 Å². The van der Waals surface area contributed by atoms with E-state index in [9.17, 15) is 4.79 Å². The van der Waals surface area contributed by atoms with Crippen LogP contribution in [-0.4, -0.2) is 31.3 Å². The summed E-state index contributed by atoms with van der Waals surface area (Å²) >= 11 is 0. The lowest BCUT2D eigenvalue weighted by molar-refractivity contribution is -0.112. The Morgan fingerprint density at radius 2 is 1.78 bits per heavy atom. The van der Waals surface area contributed by atoms with Crippen LogP contribution < -0.4 is 15.5 Å². The lowest BCUT2D eigenvalue weighted by atomic mass is 9.78. The lowest BCUT2D eigenvalue weighted by Crippen LogP contribution is -2.41. The first-order valence-corrected chi connectivity index (χ1v) is 7.58. The van der Waals surface area contributed by atoms with Crippen molar-refractivity contribution < 1.29 is 18.8 Å². The molecule has 1 fully saturated rings. The van der Waals surface area contributed by atoms with E-state index in [4.69, 9.17) is 14.0 Å². The number of carbonyl (C=O) groups excluding carboxylic acids is 1. The van der Waals surface area contributed by atoms with Gasteiger partial charge in [-0.2, -0.15) is 0 Å². The number of methoxy groups -OCH3 is 1. The van der Waals surface area contributed by atoms with Crippen molar-refractivity contribution in [2.24, 2.45) is 0 Å². The number of hydrogen-bond acceptors (Lipinski definition) is 4. The Balaban J connectivity index is 2.28. The Hall–Kier alpha value is -1.79. The topological polar surface area (TPSA) is 56.8 Å². The smallest absolute Gasteiger partial charge is 0.497 e. The zero-order valence-electron chi connectivity index (χ0n) is 14.6. The molecule has 23 heavy (non-hydrogen) atoms. The van der Waals surface area contributed by atoms with Gasteiger partial charge in [-0.3, -0.25) is 4.79 Å². The Morgan fingerprint density at radius 3 is 2.26 bits per heavy atom. The molecule has 1 aliphatic heterocycles. The van der Waals surface area contributed by atoms with Crippen LogP contribution >= 0.6 is 0 Å². The van der Waals surface area contributed by atoms with Gasteiger partial charge >= 0.3 is 7.12 Å². The summed E-state index contributed by atoms with van der Waals surface area (Å²) in [4.78, 5) is 11.7. The van der Waals surface area contributed by atoms with Crippen LogP contribution in [0.3, 0.4) is 0 Å². The van der Waals surface area contributed by atoms with Gasteiger partial charge in [0.1, 0.15) is 5.75 Å². The van der Waals surface area contributed by atoms with E-state index in [1.165, 1.54) is 0 Å². The van der Waals surface area contributed by atoms with Crippen LogP contribution in [-0.2, 0) is 14.1 Å². The molecule has 1 heterocycles. The van der Waals surface area contributed by atoms with Crippen LogP contribution in [0.5, 0.6) is 5.75 Å². The summed E-state index contributed by atoms with van der Waals surface area (Å²) in [5.74, 6) is 0.374. The number of ether oxygens (including phenoxy) is 1. The molecule has 0 aromatic heterocycles. The van der Waals surface area contributed by atoms with Gasteiger partial charge < -0.3 is 19.4 Å². The number of hydrogen-bond donors (Lipinski definition) is 1. The third-order valence-corrected chi connectivity index (χ3v) is 4.39. The van der Waals surface area contributed by atoms with Crippen molar-refractivity contribution in [2.45, 2.75) is 45.8 Å². The highest BCUT2D eigenvalue weighted by Gasteiger charge is 2.52. The first-order valence-electron chi connectivity index (χ1n) is 7.58. The van der Waals surface area contributed by atoms with Gasteiger partial charge in [-0.05, 0) is 40.7 Å². The summed E-state index contributed by atoms with van der Waals surface area (Å²) < 4.78 is 17.5. The van der Waals surface area contributed by atoms with E-state index in [1.807, 2.05) is 33.8 Å². The molecule has 1 aromatic rings. The molecule has 0 radical (unpaired) electrons. The average Bonchev–Trinajstić information content (AvgIpc) is 2.66. The molecule has 1 amide bonds. The maximum atomic E-state index is 11.7. The first-order chi connectivity index (χ1) is 10.6. The van der Waals surface area contributed by atoms with Gasteiger partial charge in [0.15, 0.2) is 0 Å². The van der Waals surface area contributed by atoms with Crippen molar-refractivity contribution in [3.05, 3.63) is 30.4 Å². The highest BCUT2D eigenvalue weighted by Crippen LogP contribution is 2.37. The number of benzene rings is 1. The zero-order valence-corrected chi connectivity index (χ0v) is 14.6. The second-order valence-electron chi connectivity index (χ2n) is 6.78. The summed E-state index contributed by atoms with van der Waals surface area (Å²) in [6.07, 6.45) is 0. The van der Waals surface area contributed by atoms with Gasteiger partial charge in [0.2, 0.25) is 0 Å². The number of anilines is 1. The normalized spacial score (nSPS) is 18.6. The van der Waals surface area contributed by atoms with Gasteiger partial charge in [-0.1, -0.05) is 12.6 Å². The van der Waals surface area contributed by atoms with Crippen LogP contribution in [0.25, 0.3) is 0 Å². The van der Waals surface area contributed by atoms with Crippen molar-refractivity contribution in [2.75, 3.05) is 12.4 Å². The summed E-state index contributed by atoms with van der Waals surface area (Å²) in [6.45, 7) is 13.3. The molecule has 6 heteroatoms. The molecule has 1 aliphatic rings. The monoisotopic (exact) mass is 317 g/mol. The average molecular weight is 317 g/mol. The number of rotatable bonds is 4. The van der Waals surface area contributed by atoms with E-state index >= 15 is 0 Å². The number of carbonyl (C=O) groups is 1. The van der Waals surface area contributed by atoms with Crippen LogP contribution in [0.15, 0.2) is 30.4 Å². The molecule has 1 saturated heterocycles. The highest BCUT2D eigenvalue weighted by atomic mass is 16.7. The standard InChI is InChI=1S/C17H24BNO4/c1-11(2)15(20)19-12-8-9-13(14(10-12)21-7)18-22-16(3,4)17(5,6)23-18/h8-10H,1H2,2-7H3,(H,19,20). The Kier molecular flexibility index (Phi) is 4.60. The summed E-state index contributed by atoms with van der Waals surface area (Å²) in [5.41, 5.74) is 1.03. The van der Waals surface area contributed by atoms with Crippen molar-refractivity contribution in [1.29, 1.82) is 0 Å². The maximum Gasteiger partial charge on any atom is 0.498 e. The molecular weight excluding hydrogens is 293 g/mol. The van der Waals surface area contributed by atoms with Crippen molar-refractivity contribution in [3.63, 3.8) is 0 Å². The predicted octanol–water partition coefficient (Wildman–Crippen LogP) is 2.51. The molecule has 1 N–H and O–H groups in total. The second-order valence-corrected chi connectivity index (χ2v) is 6.78. The molecule has 0 spiro atoms. The minimum Gasteiger partial charge on any atom is -0.497 e. The molecule has 1 aromatic carbocycles. The summed E-state index contributed by atoms with van der Waals surface area (Å²) in [7, 11) is 1.06. The van der Waals surface area contributed by atoms with E-state index < -0.39 is 18.3 Å². The fourth-order valence-electron chi connectivity index (χ4n) is 2.19. The fourth-order valence-corrected chi connectivity index (χ4v) is 2.19. The van der Waals surface area contributed by atoms with Gasteiger partial charge in [0, 0.05) is 22.8 Å².